The lowest BCUT2D eigenvalue weighted by molar-refractivity contribution is -0.111. The van der Waals surface area contributed by atoms with Gasteiger partial charge in [-0.05, 0) is 53.2 Å². The van der Waals surface area contributed by atoms with Crippen LogP contribution in [-0.2, 0) is 4.79 Å². The molecule has 2 aromatic rings. The van der Waals surface area contributed by atoms with Gasteiger partial charge in [-0.1, -0.05) is 12.1 Å². The van der Waals surface area contributed by atoms with E-state index in [9.17, 15) is 9.59 Å². The molecule has 0 aliphatic rings. The summed E-state index contributed by atoms with van der Waals surface area (Å²) in [5.41, 5.74) is 1.19. The summed E-state index contributed by atoms with van der Waals surface area (Å²) >= 11 is 4.91. The maximum Gasteiger partial charge on any atom is 0.248 e. The maximum atomic E-state index is 11.8. The third-order valence-electron chi connectivity index (χ3n) is 2.53. The second-order valence-electron chi connectivity index (χ2n) is 4.10. The highest BCUT2D eigenvalue weighted by Gasteiger charge is 2.02. The van der Waals surface area contributed by atoms with Crippen molar-refractivity contribution in [2.45, 2.75) is 6.92 Å². The molecule has 0 bridgehead atoms. The van der Waals surface area contributed by atoms with Crippen molar-refractivity contribution in [2.75, 3.05) is 5.32 Å². The van der Waals surface area contributed by atoms with E-state index in [-0.39, 0.29) is 11.7 Å². The lowest BCUT2D eigenvalue weighted by Crippen LogP contribution is -2.08. The maximum absolute atomic E-state index is 11.8. The quantitative estimate of drug-likeness (QED) is 0.658. The van der Waals surface area contributed by atoms with Crippen LogP contribution in [0.4, 0.5) is 5.69 Å². The van der Waals surface area contributed by atoms with Crippen molar-refractivity contribution >= 4 is 50.7 Å². The van der Waals surface area contributed by atoms with Crippen molar-refractivity contribution in [2.24, 2.45) is 0 Å². The Morgan fingerprint density at radius 2 is 2.05 bits per heavy atom. The number of rotatable bonds is 4. The zero-order valence-corrected chi connectivity index (χ0v) is 13.1. The van der Waals surface area contributed by atoms with E-state index < -0.39 is 0 Å². The van der Waals surface area contributed by atoms with Gasteiger partial charge in [-0.15, -0.1) is 11.3 Å². The van der Waals surface area contributed by atoms with Crippen molar-refractivity contribution in [3.05, 3.63) is 56.7 Å². The molecule has 102 valence electrons. The topological polar surface area (TPSA) is 46.2 Å². The van der Waals surface area contributed by atoms with Gasteiger partial charge < -0.3 is 5.32 Å². The second-order valence-corrected chi connectivity index (χ2v) is 6.60. The monoisotopic (exact) mass is 349 g/mol. The lowest BCUT2D eigenvalue weighted by atomic mass is 10.1. The summed E-state index contributed by atoms with van der Waals surface area (Å²) in [5, 5.41) is 2.73. The number of nitrogens with one attached hydrogen (secondary N) is 1. The zero-order valence-electron chi connectivity index (χ0n) is 10.7. The molecule has 1 heterocycles. The minimum absolute atomic E-state index is 0.0277. The standard InChI is InChI=1S/C15H12BrNO2S/c1-10(18)11-3-2-4-12(9-11)17-15(19)8-6-13-5-7-14(16)20-13/h2-9H,1H3,(H,17,19)/b8-6+. The third kappa shape index (κ3) is 4.15. The molecule has 0 atom stereocenters. The number of ketones is 1. The first-order chi connectivity index (χ1) is 9.54. The van der Waals surface area contributed by atoms with Gasteiger partial charge in [0.15, 0.2) is 5.78 Å². The van der Waals surface area contributed by atoms with Crippen molar-refractivity contribution in [1.82, 2.24) is 0 Å². The molecule has 20 heavy (non-hydrogen) atoms. The van der Waals surface area contributed by atoms with Crippen LogP contribution in [0.1, 0.15) is 22.2 Å². The van der Waals surface area contributed by atoms with Crippen LogP contribution in [0.25, 0.3) is 6.08 Å². The summed E-state index contributed by atoms with van der Waals surface area (Å²) in [6.07, 6.45) is 3.22. The molecule has 1 aromatic heterocycles. The number of amides is 1. The number of carbonyl (C=O) groups is 2. The van der Waals surface area contributed by atoms with Crippen molar-refractivity contribution in [1.29, 1.82) is 0 Å². The Morgan fingerprint density at radius 1 is 1.25 bits per heavy atom. The van der Waals surface area contributed by atoms with Crippen molar-refractivity contribution < 1.29 is 9.59 Å². The van der Waals surface area contributed by atoms with Crippen LogP contribution in [0, 0.1) is 0 Å². The predicted molar refractivity (Wildman–Crippen MR) is 86.1 cm³/mol. The molecule has 1 amide bonds. The third-order valence-corrected chi connectivity index (χ3v) is 4.12. The van der Waals surface area contributed by atoms with E-state index in [1.165, 1.54) is 13.0 Å². The van der Waals surface area contributed by atoms with Crippen LogP contribution >= 0.6 is 27.3 Å². The fraction of sp³-hybridized carbons (Fsp3) is 0.0667. The molecule has 5 heteroatoms. The van der Waals surface area contributed by atoms with Gasteiger partial charge in [0.2, 0.25) is 5.91 Å². The Morgan fingerprint density at radius 3 is 2.70 bits per heavy atom. The number of benzene rings is 1. The summed E-state index contributed by atoms with van der Waals surface area (Å²) in [6.45, 7) is 1.50. The van der Waals surface area contributed by atoms with E-state index in [0.717, 1.165) is 8.66 Å². The molecule has 0 aliphatic carbocycles. The fourth-order valence-corrected chi connectivity index (χ4v) is 2.90. The Bertz CT molecular complexity index is 676. The molecule has 0 unspecified atom stereocenters. The normalized spacial score (nSPS) is 10.7. The van der Waals surface area contributed by atoms with E-state index in [2.05, 4.69) is 21.2 Å². The number of hydrogen-bond acceptors (Lipinski definition) is 3. The number of Topliss-reactive ketones (excluding diaryl/α,β-unsaturated/α-hetero) is 1. The zero-order chi connectivity index (χ0) is 14.5. The highest BCUT2D eigenvalue weighted by molar-refractivity contribution is 9.11. The van der Waals surface area contributed by atoms with Crippen LogP contribution in [0.3, 0.4) is 0 Å². The number of thiophene rings is 1. The molecule has 0 saturated carbocycles. The Labute approximate surface area is 129 Å². The van der Waals surface area contributed by atoms with Gasteiger partial charge in [0.1, 0.15) is 0 Å². The Hall–Kier alpha value is -1.72. The highest BCUT2D eigenvalue weighted by Crippen LogP contribution is 2.23. The first-order valence-electron chi connectivity index (χ1n) is 5.90. The van der Waals surface area contributed by atoms with Gasteiger partial charge >= 0.3 is 0 Å². The predicted octanol–water partition coefficient (Wildman–Crippen LogP) is 4.37. The fourth-order valence-electron chi connectivity index (χ4n) is 1.58. The molecule has 0 spiro atoms. The summed E-state index contributed by atoms with van der Waals surface area (Å²) < 4.78 is 1.02. The smallest absolute Gasteiger partial charge is 0.248 e. The molecule has 0 saturated heterocycles. The molecular formula is C15H12BrNO2S. The molecule has 3 nitrogen and oxygen atoms in total. The molecular weight excluding hydrogens is 338 g/mol. The van der Waals surface area contributed by atoms with Crippen LogP contribution < -0.4 is 5.32 Å². The van der Waals surface area contributed by atoms with Crippen LogP contribution in [0.15, 0.2) is 46.3 Å². The molecule has 0 fully saturated rings. The second kappa shape index (κ2) is 6.63. The van der Waals surface area contributed by atoms with E-state index in [0.29, 0.717) is 11.3 Å². The van der Waals surface area contributed by atoms with Gasteiger partial charge in [-0.25, -0.2) is 0 Å². The number of anilines is 1. The van der Waals surface area contributed by atoms with E-state index in [1.807, 2.05) is 12.1 Å². The first kappa shape index (κ1) is 14.7. The summed E-state index contributed by atoms with van der Waals surface area (Å²) in [6, 6.07) is 10.7. The van der Waals surface area contributed by atoms with E-state index >= 15 is 0 Å². The van der Waals surface area contributed by atoms with Gasteiger partial charge in [-0.2, -0.15) is 0 Å². The molecule has 0 radical (unpaired) electrons. The minimum Gasteiger partial charge on any atom is -0.322 e. The van der Waals surface area contributed by atoms with Gasteiger partial charge in [0.05, 0.1) is 3.79 Å². The SMILES string of the molecule is CC(=O)c1cccc(NC(=O)/C=C/c2ccc(Br)s2)c1. The van der Waals surface area contributed by atoms with E-state index in [1.54, 1.807) is 41.7 Å². The molecule has 0 aliphatic heterocycles. The van der Waals surface area contributed by atoms with Crippen molar-refractivity contribution in [3.63, 3.8) is 0 Å². The van der Waals surface area contributed by atoms with Crippen molar-refractivity contribution in [3.8, 4) is 0 Å². The Balaban J connectivity index is 2.02. The van der Waals surface area contributed by atoms with Crippen LogP contribution in [0.5, 0.6) is 0 Å². The van der Waals surface area contributed by atoms with Gasteiger partial charge in [-0.3, -0.25) is 9.59 Å². The van der Waals surface area contributed by atoms with E-state index in [4.69, 9.17) is 0 Å². The number of halogens is 1. The summed E-state index contributed by atoms with van der Waals surface area (Å²) in [4.78, 5) is 24.0. The van der Waals surface area contributed by atoms with Crippen LogP contribution in [-0.4, -0.2) is 11.7 Å². The average molecular weight is 350 g/mol. The number of carbonyl (C=O) groups excluding carboxylic acids is 2. The number of hydrogen-bond donors (Lipinski definition) is 1. The highest BCUT2D eigenvalue weighted by atomic mass is 79.9. The molecule has 2 rings (SSSR count). The van der Waals surface area contributed by atoms with Crippen LogP contribution in [0.2, 0.25) is 0 Å². The molecule has 1 N–H and O–H groups in total. The summed E-state index contributed by atoms with van der Waals surface area (Å²) in [5.74, 6) is -0.254. The largest absolute Gasteiger partial charge is 0.322 e. The molecule has 1 aromatic carbocycles. The van der Waals surface area contributed by atoms with Gasteiger partial charge in [0, 0.05) is 22.2 Å². The minimum atomic E-state index is -0.227. The summed E-state index contributed by atoms with van der Waals surface area (Å²) in [7, 11) is 0. The Kier molecular flexibility index (Phi) is 4.87. The average Bonchev–Trinajstić information content (AvgIpc) is 2.82. The lowest BCUT2D eigenvalue weighted by Gasteiger charge is -2.03. The first-order valence-corrected chi connectivity index (χ1v) is 7.51. The van der Waals surface area contributed by atoms with Gasteiger partial charge in [0.25, 0.3) is 0 Å².